The van der Waals surface area contributed by atoms with Gasteiger partial charge in [0.25, 0.3) is 0 Å². The summed E-state index contributed by atoms with van der Waals surface area (Å²) in [5.74, 6) is -0.907. The number of allylic oxidation sites excluding steroid dienone is 22. The second-order valence-corrected chi connectivity index (χ2v) is 22.3. The highest BCUT2D eigenvalue weighted by atomic mass is 16.6. The van der Waals surface area contributed by atoms with Crippen LogP contribution in [0.4, 0.5) is 0 Å². The lowest BCUT2D eigenvalue weighted by Crippen LogP contribution is -2.30. The van der Waals surface area contributed by atoms with Gasteiger partial charge in [-0.25, -0.2) is 0 Å². The van der Waals surface area contributed by atoms with Crippen molar-refractivity contribution in [3.05, 3.63) is 134 Å². The fourth-order valence-corrected chi connectivity index (χ4v) is 9.32. The number of ether oxygens (including phenoxy) is 3. The lowest BCUT2D eigenvalue weighted by atomic mass is 10.0. The molecule has 0 aliphatic rings. The van der Waals surface area contributed by atoms with Gasteiger partial charge < -0.3 is 14.2 Å². The summed E-state index contributed by atoms with van der Waals surface area (Å²) in [7, 11) is 0. The van der Waals surface area contributed by atoms with Gasteiger partial charge in [0.05, 0.1) is 0 Å². The Morgan fingerprint density at radius 3 is 0.756 bits per heavy atom. The second-order valence-electron chi connectivity index (χ2n) is 22.3. The minimum absolute atomic E-state index is 0.0889. The molecule has 0 aromatic carbocycles. The monoisotopic (exact) mass is 1130 g/mol. The van der Waals surface area contributed by atoms with Gasteiger partial charge in [0.1, 0.15) is 13.2 Å². The molecule has 0 spiro atoms. The van der Waals surface area contributed by atoms with Crippen molar-refractivity contribution in [2.75, 3.05) is 13.2 Å². The molecule has 0 N–H and O–H groups in total. The molecule has 0 saturated heterocycles. The van der Waals surface area contributed by atoms with Crippen molar-refractivity contribution in [1.29, 1.82) is 0 Å². The molecule has 0 heterocycles. The second kappa shape index (κ2) is 69.0. The summed E-state index contributed by atoms with van der Waals surface area (Å²) in [5, 5.41) is 0. The van der Waals surface area contributed by atoms with Gasteiger partial charge in [0.15, 0.2) is 6.10 Å². The van der Waals surface area contributed by atoms with E-state index in [9.17, 15) is 14.4 Å². The summed E-state index contributed by atoms with van der Waals surface area (Å²) in [6, 6.07) is 0. The van der Waals surface area contributed by atoms with E-state index >= 15 is 0 Å². The van der Waals surface area contributed by atoms with Gasteiger partial charge >= 0.3 is 17.9 Å². The van der Waals surface area contributed by atoms with Crippen molar-refractivity contribution in [3.63, 3.8) is 0 Å². The quantitative estimate of drug-likeness (QED) is 0.0261. The third kappa shape index (κ3) is 66.4. The van der Waals surface area contributed by atoms with Crippen LogP contribution in [0.5, 0.6) is 0 Å². The van der Waals surface area contributed by atoms with Crippen molar-refractivity contribution in [3.8, 4) is 0 Å². The maximum Gasteiger partial charge on any atom is 0.306 e. The van der Waals surface area contributed by atoms with Gasteiger partial charge in [0.2, 0.25) is 0 Å². The van der Waals surface area contributed by atoms with Crippen LogP contribution < -0.4 is 0 Å². The topological polar surface area (TPSA) is 78.9 Å². The summed E-state index contributed by atoms with van der Waals surface area (Å²) in [6.07, 6.45) is 97.5. The third-order valence-electron chi connectivity index (χ3n) is 14.4. The van der Waals surface area contributed by atoms with Gasteiger partial charge in [-0.2, -0.15) is 0 Å². The largest absolute Gasteiger partial charge is 0.462 e. The molecule has 82 heavy (non-hydrogen) atoms. The molecule has 6 nitrogen and oxygen atoms in total. The standard InChI is InChI=1S/C76H126O6/c1-4-7-10-13-16-19-22-25-27-29-31-33-35-37-38-40-41-43-45-47-49-51-54-57-60-63-66-69-75(78)81-72-73(71-80-74(77)68-65-62-59-56-53-24-21-18-15-12-9-6-3)82-76(79)70-67-64-61-58-55-52-50-48-46-44-42-39-36-34-32-30-28-26-23-20-17-14-11-8-5-2/h7-8,10-11,16-21,25-28,31-34,39,42,46,48,73H,4-6,9,12-15,22-24,29-30,35-38,40-41,43-45,47,49-72H2,1-3H3/b10-7-,11-8-,19-16-,20-17-,21-18-,27-25-,28-26-,33-31-,34-32-,42-39-,48-46-. The van der Waals surface area contributed by atoms with Crippen molar-refractivity contribution in [1.82, 2.24) is 0 Å². The highest BCUT2D eigenvalue weighted by Gasteiger charge is 2.19. The normalized spacial score (nSPS) is 13.0. The molecular formula is C76H126O6. The molecule has 6 heteroatoms. The van der Waals surface area contributed by atoms with Crippen LogP contribution in [-0.2, 0) is 28.6 Å². The first-order valence-electron chi connectivity index (χ1n) is 34.2. The lowest BCUT2D eigenvalue weighted by Gasteiger charge is -2.18. The first-order chi connectivity index (χ1) is 40.5. The fourth-order valence-electron chi connectivity index (χ4n) is 9.32. The van der Waals surface area contributed by atoms with Gasteiger partial charge in [0, 0.05) is 19.3 Å². The molecular weight excluding hydrogens is 1010 g/mol. The highest BCUT2D eigenvalue weighted by molar-refractivity contribution is 5.71. The molecule has 466 valence electrons. The van der Waals surface area contributed by atoms with Crippen LogP contribution in [0.3, 0.4) is 0 Å². The van der Waals surface area contributed by atoms with Crippen LogP contribution in [0.2, 0.25) is 0 Å². The van der Waals surface area contributed by atoms with Gasteiger partial charge in [-0.05, 0) is 135 Å². The minimum Gasteiger partial charge on any atom is -0.462 e. The molecule has 0 amide bonds. The van der Waals surface area contributed by atoms with Crippen LogP contribution >= 0.6 is 0 Å². The highest BCUT2D eigenvalue weighted by Crippen LogP contribution is 2.16. The van der Waals surface area contributed by atoms with Crippen molar-refractivity contribution >= 4 is 17.9 Å². The molecule has 0 aliphatic carbocycles. The molecule has 0 radical (unpaired) electrons. The predicted octanol–water partition coefficient (Wildman–Crippen LogP) is 23.7. The molecule has 0 fully saturated rings. The number of carbonyl (C=O) groups excluding carboxylic acids is 3. The molecule has 0 aromatic rings. The van der Waals surface area contributed by atoms with E-state index in [1.54, 1.807) is 0 Å². The molecule has 1 atom stereocenters. The van der Waals surface area contributed by atoms with Crippen LogP contribution in [-0.4, -0.2) is 37.2 Å². The van der Waals surface area contributed by atoms with E-state index in [2.05, 4.69) is 154 Å². The average Bonchev–Trinajstić information content (AvgIpc) is 3.47. The summed E-state index contributed by atoms with van der Waals surface area (Å²) in [6.45, 7) is 6.39. The van der Waals surface area contributed by atoms with Gasteiger partial charge in [-0.1, -0.05) is 289 Å². The van der Waals surface area contributed by atoms with E-state index < -0.39 is 6.10 Å². The first-order valence-corrected chi connectivity index (χ1v) is 34.2. The molecule has 0 rings (SSSR count). The van der Waals surface area contributed by atoms with Gasteiger partial charge in [-0.3, -0.25) is 14.4 Å². The maximum atomic E-state index is 12.9. The number of rotatable bonds is 61. The molecule has 0 aromatic heterocycles. The van der Waals surface area contributed by atoms with E-state index in [0.717, 1.165) is 141 Å². The van der Waals surface area contributed by atoms with E-state index in [1.165, 1.54) is 128 Å². The summed E-state index contributed by atoms with van der Waals surface area (Å²) in [4.78, 5) is 38.4. The zero-order valence-electron chi connectivity index (χ0n) is 53.5. The maximum absolute atomic E-state index is 12.9. The zero-order chi connectivity index (χ0) is 59.2. The SMILES string of the molecule is CC/C=C\C/C=C\C/C=C\C/C=C\C/C=C\C/C=C\CCCCCCCCC(=O)OC(COC(=O)CCCCCCC/C=C\CCCCC)COC(=O)CCCCCCCCCCCCCCCC/C=C\C/C=C\C/C=C\C/C=C\CC. The molecule has 0 bridgehead atoms. The van der Waals surface area contributed by atoms with Crippen LogP contribution in [0.25, 0.3) is 0 Å². The summed E-state index contributed by atoms with van der Waals surface area (Å²) < 4.78 is 16.9. The minimum atomic E-state index is -0.795. The third-order valence-corrected chi connectivity index (χ3v) is 14.4. The smallest absolute Gasteiger partial charge is 0.306 e. The van der Waals surface area contributed by atoms with Crippen molar-refractivity contribution in [2.45, 2.75) is 316 Å². The number of carbonyl (C=O) groups is 3. The molecule has 1 unspecified atom stereocenters. The Labute approximate surface area is 506 Å². The Morgan fingerprint density at radius 2 is 0.476 bits per heavy atom. The Morgan fingerprint density at radius 1 is 0.256 bits per heavy atom. The number of hydrogen-bond donors (Lipinski definition) is 0. The zero-order valence-corrected chi connectivity index (χ0v) is 53.5. The van der Waals surface area contributed by atoms with Crippen LogP contribution in [0.1, 0.15) is 310 Å². The van der Waals surface area contributed by atoms with Crippen LogP contribution in [0.15, 0.2) is 134 Å². The number of unbranched alkanes of at least 4 members (excludes halogenated alkanes) is 28. The molecule has 0 aliphatic heterocycles. The van der Waals surface area contributed by atoms with Crippen molar-refractivity contribution in [2.24, 2.45) is 0 Å². The Bertz CT molecular complexity index is 1730. The van der Waals surface area contributed by atoms with Crippen molar-refractivity contribution < 1.29 is 28.6 Å². The average molecular weight is 1140 g/mol. The number of esters is 3. The van der Waals surface area contributed by atoms with Gasteiger partial charge in [-0.15, -0.1) is 0 Å². The Hall–Kier alpha value is -4.45. The van der Waals surface area contributed by atoms with E-state index in [0.29, 0.717) is 19.3 Å². The first kappa shape index (κ1) is 77.5. The summed E-state index contributed by atoms with van der Waals surface area (Å²) >= 11 is 0. The summed E-state index contributed by atoms with van der Waals surface area (Å²) in [5.41, 5.74) is 0. The number of hydrogen-bond acceptors (Lipinski definition) is 6. The van der Waals surface area contributed by atoms with E-state index in [-0.39, 0.29) is 31.1 Å². The Kier molecular flexibility index (Phi) is 65.3. The fraction of sp³-hybridized carbons (Fsp3) is 0.671. The van der Waals surface area contributed by atoms with E-state index in [1.807, 2.05) is 0 Å². The lowest BCUT2D eigenvalue weighted by molar-refractivity contribution is -0.167. The molecule has 0 saturated carbocycles. The predicted molar refractivity (Wildman–Crippen MR) is 357 cm³/mol. The van der Waals surface area contributed by atoms with Crippen LogP contribution in [0, 0.1) is 0 Å². The Balaban J connectivity index is 4.32. The van der Waals surface area contributed by atoms with E-state index in [4.69, 9.17) is 14.2 Å².